The van der Waals surface area contributed by atoms with E-state index in [2.05, 4.69) is 272 Å². The summed E-state index contributed by atoms with van der Waals surface area (Å²) in [7, 11) is 0. The van der Waals surface area contributed by atoms with Gasteiger partial charge in [0.25, 0.3) is 0 Å². The molecule has 10 rings (SSSR count). The van der Waals surface area contributed by atoms with Crippen LogP contribution in [-0.2, 0) is 27.1 Å². The molecule has 0 radical (unpaired) electrons. The lowest BCUT2D eigenvalue weighted by Crippen LogP contribution is -2.16. The third kappa shape index (κ3) is 10.2. The smallest absolute Gasteiger partial charge is 0.0467 e. The third-order valence-corrected chi connectivity index (χ3v) is 16.6. The van der Waals surface area contributed by atoms with Crippen LogP contribution in [0.2, 0.25) is 0 Å². The monoisotopic (exact) mass is 972 g/mol. The second-order valence-corrected chi connectivity index (χ2v) is 26.7. The summed E-state index contributed by atoms with van der Waals surface area (Å²) in [5.41, 5.74) is 25.7. The van der Waals surface area contributed by atoms with Gasteiger partial charge in [0.2, 0.25) is 0 Å². The van der Waals surface area contributed by atoms with E-state index in [1.54, 1.807) is 0 Å². The molecule has 74 heavy (non-hydrogen) atoms. The largest absolute Gasteiger partial charge is 0.310 e. The third-order valence-electron chi connectivity index (χ3n) is 16.6. The average molecular weight is 972 g/mol. The van der Waals surface area contributed by atoms with Gasteiger partial charge in [-0.1, -0.05) is 238 Å². The minimum absolute atomic E-state index is 0.0260. The Labute approximate surface area is 446 Å². The van der Waals surface area contributed by atoms with Crippen molar-refractivity contribution >= 4 is 17.1 Å². The van der Waals surface area contributed by atoms with Crippen molar-refractivity contribution < 1.29 is 0 Å². The molecule has 0 spiro atoms. The van der Waals surface area contributed by atoms with Crippen molar-refractivity contribution in [1.29, 1.82) is 0 Å². The van der Waals surface area contributed by atoms with Gasteiger partial charge >= 0.3 is 0 Å². The molecule has 0 amide bonds. The van der Waals surface area contributed by atoms with E-state index in [9.17, 15) is 0 Å². The summed E-state index contributed by atoms with van der Waals surface area (Å²) in [6.45, 7) is 32.8. The molecule has 2 aliphatic rings. The number of hydrogen-bond acceptors (Lipinski definition) is 1. The van der Waals surface area contributed by atoms with Gasteiger partial charge in [-0.2, -0.15) is 0 Å². The van der Waals surface area contributed by atoms with Crippen LogP contribution in [0, 0.1) is 0 Å². The van der Waals surface area contributed by atoms with Gasteiger partial charge in [0.05, 0.1) is 0 Å². The van der Waals surface area contributed by atoms with E-state index in [4.69, 9.17) is 0 Å². The number of rotatable bonds is 8. The lowest BCUT2D eigenvalue weighted by Gasteiger charge is -2.29. The second-order valence-electron chi connectivity index (χ2n) is 26.7. The van der Waals surface area contributed by atoms with Gasteiger partial charge in [0.15, 0.2) is 0 Å². The lowest BCUT2D eigenvalue weighted by molar-refractivity contribution is 0.444. The normalized spacial score (nSPS) is 14.9. The van der Waals surface area contributed by atoms with Crippen molar-refractivity contribution in [3.05, 3.63) is 209 Å². The summed E-state index contributed by atoms with van der Waals surface area (Å²) in [5, 5.41) is 0. The molecule has 1 fully saturated rings. The molecule has 0 heterocycles. The molecule has 0 aliphatic heterocycles. The Morgan fingerprint density at radius 1 is 0.338 bits per heavy atom. The van der Waals surface area contributed by atoms with Gasteiger partial charge in [-0.15, -0.1) is 0 Å². The van der Waals surface area contributed by atoms with E-state index in [1.165, 1.54) is 132 Å². The maximum Gasteiger partial charge on any atom is 0.0467 e. The van der Waals surface area contributed by atoms with E-state index in [1.807, 2.05) is 0 Å². The van der Waals surface area contributed by atoms with Crippen LogP contribution >= 0.6 is 0 Å². The highest BCUT2D eigenvalue weighted by Crippen LogP contribution is 2.51. The summed E-state index contributed by atoms with van der Waals surface area (Å²) in [5.74, 6) is 0.658. The summed E-state index contributed by atoms with van der Waals surface area (Å²) >= 11 is 0. The first-order chi connectivity index (χ1) is 34.9. The minimum Gasteiger partial charge on any atom is -0.310 e. The van der Waals surface area contributed by atoms with Gasteiger partial charge in [-0.25, -0.2) is 0 Å². The first kappa shape index (κ1) is 51.1. The molecule has 1 saturated carbocycles. The molecule has 8 aromatic carbocycles. The number of nitrogens with zero attached hydrogens (tertiary/aromatic N) is 1. The van der Waals surface area contributed by atoms with Gasteiger partial charge in [-0.05, 0) is 184 Å². The highest BCUT2D eigenvalue weighted by Gasteiger charge is 2.36. The fraction of sp³-hybridized carbons (Fsp3) is 0.342. The topological polar surface area (TPSA) is 3.24 Å². The van der Waals surface area contributed by atoms with Crippen LogP contribution in [0.1, 0.15) is 174 Å². The molecule has 0 N–H and O–H groups in total. The summed E-state index contributed by atoms with van der Waals surface area (Å²) in [6.07, 6.45) is 6.63. The van der Waals surface area contributed by atoms with Crippen molar-refractivity contribution in [3.8, 4) is 55.6 Å². The SMILES string of the molecule is CC(C)(C)c1cc(-c2ccc(N(c3cccc(-c4cccc(C5CCCCC5)c4)c3)c3ccc4c(c3)C(C)(C)c3ccccc3-4)cc2)cc(-c2cc(-c3cc(C(C)(C)C)cc(C(C)(C)C)c3)cc(C(C)(C)C)c2)c1. The van der Waals surface area contributed by atoms with Crippen LogP contribution in [0.25, 0.3) is 55.6 Å². The van der Waals surface area contributed by atoms with Crippen molar-refractivity contribution in [3.63, 3.8) is 0 Å². The Hall–Kier alpha value is -6.44. The van der Waals surface area contributed by atoms with Gasteiger partial charge < -0.3 is 4.90 Å². The summed E-state index contributed by atoms with van der Waals surface area (Å²) < 4.78 is 0. The van der Waals surface area contributed by atoms with Crippen LogP contribution in [0.15, 0.2) is 170 Å². The Morgan fingerprint density at radius 3 is 1.34 bits per heavy atom. The molecule has 0 saturated heterocycles. The number of fused-ring (bicyclic) bond motifs is 3. The Morgan fingerprint density at radius 2 is 0.784 bits per heavy atom. The Bertz CT molecular complexity index is 3330. The fourth-order valence-electron chi connectivity index (χ4n) is 11.8. The molecule has 0 atom stereocenters. The van der Waals surface area contributed by atoms with Crippen LogP contribution in [0.4, 0.5) is 17.1 Å². The molecule has 8 aromatic rings. The Kier molecular flexibility index (Phi) is 13.1. The zero-order valence-corrected chi connectivity index (χ0v) is 47.2. The van der Waals surface area contributed by atoms with Gasteiger partial charge in [0.1, 0.15) is 0 Å². The van der Waals surface area contributed by atoms with E-state index in [0.29, 0.717) is 5.92 Å². The van der Waals surface area contributed by atoms with Crippen LogP contribution < -0.4 is 4.90 Å². The molecule has 0 bridgehead atoms. The molecular weight excluding hydrogens is 891 g/mol. The molecule has 1 heteroatoms. The van der Waals surface area contributed by atoms with E-state index >= 15 is 0 Å². The van der Waals surface area contributed by atoms with Crippen molar-refractivity contribution in [1.82, 2.24) is 0 Å². The van der Waals surface area contributed by atoms with Crippen LogP contribution in [0.3, 0.4) is 0 Å². The predicted molar refractivity (Wildman–Crippen MR) is 321 cm³/mol. The molecule has 0 unspecified atom stereocenters. The highest BCUT2D eigenvalue weighted by atomic mass is 15.1. The molecule has 1 nitrogen and oxygen atoms in total. The van der Waals surface area contributed by atoms with Crippen LogP contribution in [-0.4, -0.2) is 0 Å². The fourth-order valence-corrected chi connectivity index (χ4v) is 11.8. The van der Waals surface area contributed by atoms with Crippen molar-refractivity contribution in [2.24, 2.45) is 0 Å². The van der Waals surface area contributed by atoms with E-state index in [-0.39, 0.29) is 27.1 Å². The molecular formula is C73H81N. The van der Waals surface area contributed by atoms with E-state index in [0.717, 1.165) is 11.4 Å². The van der Waals surface area contributed by atoms with Gasteiger partial charge in [0, 0.05) is 22.5 Å². The van der Waals surface area contributed by atoms with Crippen LogP contribution in [0.5, 0.6) is 0 Å². The standard InChI is InChI=1S/C73H81N/c1-69(2,3)58-39-53(37-54(40-58)55-38-56(42-59(41-55)70(4,5)6)57-43-60(71(7,8)9)46-61(44-57)72(10,11)12)49-30-32-62(33-31-49)74(64-34-35-66-65-28-18-19-29-67(65)73(13,14)68(66)47-64)63-27-21-26-52(45-63)51-25-20-24-50(36-51)48-22-16-15-17-23-48/h18-21,24-48H,15-17,22-23H2,1-14H3. The second kappa shape index (κ2) is 19.0. The molecule has 2 aliphatic carbocycles. The summed E-state index contributed by atoms with van der Waals surface area (Å²) in [4.78, 5) is 2.48. The van der Waals surface area contributed by atoms with Crippen molar-refractivity contribution in [2.45, 2.75) is 162 Å². The minimum atomic E-state index is -0.117. The first-order valence-corrected chi connectivity index (χ1v) is 27.8. The summed E-state index contributed by atoms with van der Waals surface area (Å²) in [6, 6.07) is 66.1. The number of anilines is 3. The number of benzene rings is 8. The van der Waals surface area contributed by atoms with Gasteiger partial charge in [-0.3, -0.25) is 0 Å². The molecule has 378 valence electrons. The van der Waals surface area contributed by atoms with Crippen molar-refractivity contribution in [2.75, 3.05) is 4.90 Å². The number of hydrogen-bond donors (Lipinski definition) is 0. The zero-order valence-electron chi connectivity index (χ0n) is 47.2. The quantitative estimate of drug-likeness (QED) is 0.147. The first-order valence-electron chi connectivity index (χ1n) is 27.8. The molecule has 0 aromatic heterocycles. The lowest BCUT2D eigenvalue weighted by atomic mass is 9.77. The Balaban J connectivity index is 1.09. The maximum absolute atomic E-state index is 2.48. The zero-order chi connectivity index (χ0) is 52.5. The predicted octanol–water partition coefficient (Wildman–Crippen LogP) is 21.4. The highest BCUT2D eigenvalue weighted by molar-refractivity contribution is 5.87. The maximum atomic E-state index is 2.48. The van der Waals surface area contributed by atoms with E-state index < -0.39 is 0 Å². The average Bonchev–Trinajstić information content (AvgIpc) is 3.60.